The number of aliphatic carboxylic acids is 1. The number of fused-ring (bicyclic) bond motifs is 1. The smallest absolute Gasteiger partial charge is 0.303 e. The highest BCUT2D eigenvalue weighted by molar-refractivity contribution is 5.67. The largest absolute Gasteiger partial charge is 0.508 e. The van der Waals surface area contributed by atoms with Gasteiger partial charge in [0.2, 0.25) is 0 Å². The van der Waals surface area contributed by atoms with Crippen molar-refractivity contribution in [2.75, 3.05) is 0 Å². The molecule has 2 rings (SSSR count). The SMILES string of the molecule is CCC1Oc2ccc(O)cc2CC1CC(=O)O. The Balaban J connectivity index is 2.24. The first kappa shape index (κ1) is 11.8. The van der Waals surface area contributed by atoms with Crippen LogP contribution in [0.5, 0.6) is 11.5 Å². The van der Waals surface area contributed by atoms with E-state index in [0.717, 1.165) is 17.7 Å². The molecule has 4 heteroatoms. The summed E-state index contributed by atoms with van der Waals surface area (Å²) in [6, 6.07) is 4.98. The Morgan fingerprint density at radius 1 is 1.53 bits per heavy atom. The van der Waals surface area contributed by atoms with Crippen molar-refractivity contribution >= 4 is 5.97 Å². The number of phenols is 1. The molecule has 1 aliphatic rings. The minimum absolute atomic E-state index is 0.0215. The van der Waals surface area contributed by atoms with E-state index in [2.05, 4.69) is 0 Å². The third-order valence-corrected chi connectivity index (χ3v) is 3.17. The molecule has 1 aromatic rings. The number of benzene rings is 1. The second-order valence-electron chi connectivity index (χ2n) is 4.42. The van der Waals surface area contributed by atoms with Gasteiger partial charge in [-0.15, -0.1) is 0 Å². The molecule has 0 saturated heterocycles. The molecule has 0 saturated carbocycles. The molecule has 92 valence electrons. The van der Waals surface area contributed by atoms with Crippen molar-refractivity contribution in [2.24, 2.45) is 5.92 Å². The normalized spacial score (nSPS) is 22.6. The summed E-state index contributed by atoms with van der Waals surface area (Å²) in [4.78, 5) is 10.8. The van der Waals surface area contributed by atoms with Gasteiger partial charge in [-0.25, -0.2) is 0 Å². The molecule has 1 aromatic carbocycles. The molecule has 17 heavy (non-hydrogen) atoms. The number of aromatic hydroxyl groups is 1. The Labute approximate surface area is 99.8 Å². The van der Waals surface area contributed by atoms with Gasteiger partial charge in [0.15, 0.2) is 0 Å². The molecule has 0 amide bonds. The number of rotatable bonds is 3. The molecule has 1 heterocycles. The van der Waals surface area contributed by atoms with Gasteiger partial charge in [-0.1, -0.05) is 6.92 Å². The zero-order chi connectivity index (χ0) is 12.4. The molecular formula is C13H16O4. The van der Waals surface area contributed by atoms with Crippen LogP contribution in [0.1, 0.15) is 25.3 Å². The Hall–Kier alpha value is -1.71. The van der Waals surface area contributed by atoms with Crippen LogP contribution in [0, 0.1) is 5.92 Å². The van der Waals surface area contributed by atoms with Gasteiger partial charge < -0.3 is 14.9 Å². The highest BCUT2D eigenvalue weighted by Gasteiger charge is 2.30. The quantitative estimate of drug-likeness (QED) is 0.844. The molecule has 0 aliphatic carbocycles. The van der Waals surface area contributed by atoms with E-state index in [9.17, 15) is 9.90 Å². The summed E-state index contributed by atoms with van der Waals surface area (Å²) in [5, 5.41) is 18.3. The van der Waals surface area contributed by atoms with Crippen molar-refractivity contribution in [3.05, 3.63) is 23.8 Å². The van der Waals surface area contributed by atoms with Crippen LogP contribution in [-0.2, 0) is 11.2 Å². The van der Waals surface area contributed by atoms with Gasteiger partial charge in [-0.05, 0) is 36.6 Å². The lowest BCUT2D eigenvalue weighted by atomic mass is 9.87. The van der Waals surface area contributed by atoms with Crippen LogP contribution in [0.25, 0.3) is 0 Å². The van der Waals surface area contributed by atoms with E-state index >= 15 is 0 Å². The highest BCUT2D eigenvalue weighted by Crippen LogP contribution is 2.35. The number of hydrogen-bond donors (Lipinski definition) is 2. The summed E-state index contributed by atoms with van der Waals surface area (Å²) in [7, 11) is 0. The van der Waals surface area contributed by atoms with E-state index in [1.807, 2.05) is 6.92 Å². The van der Waals surface area contributed by atoms with Crippen LogP contribution in [0.2, 0.25) is 0 Å². The fraction of sp³-hybridized carbons (Fsp3) is 0.462. The maximum Gasteiger partial charge on any atom is 0.303 e. The first-order valence-electron chi connectivity index (χ1n) is 5.80. The van der Waals surface area contributed by atoms with E-state index < -0.39 is 5.97 Å². The third-order valence-electron chi connectivity index (χ3n) is 3.17. The summed E-state index contributed by atoms with van der Waals surface area (Å²) < 4.78 is 5.78. The van der Waals surface area contributed by atoms with E-state index in [0.29, 0.717) is 6.42 Å². The van der Waals surface area contributed by atoms with Crippen LogP contribution < -0.4 is 4.74 Å². The monoisotopic (exact) mass is 236 g/mol. The maximum absolute atomic E-state index is 10.8. The molecule has 0 aromatic heterocycles. The molecule has 2 atom stereocenters. The van der Waals surface area contributed by atoms with Crippen molar-refractivity contribution in [2.45, 2.75) is 32.3 Å². The van der Waals surface area contributed by atoms with Crippen LogP contribution in [0.3, 0.4) is 0 Å². The third kappa shape index (κ3) is 2.52. The molecule has 0 fully saturated rings. The summed E-state index contributed by atoms with van der Waals surface area (Å²) >= 11 is 0. The van der Waals surface area contributed by atoms with Crippen LogP contribution in [0.15, 0.2) is 18.2 Å². The minimum Gasteiger partial charge on any atom is -0.508 e. The molecule has 2 unspecified atom stereocenters. The van der Waals surface area contributed by atoms with Gasteiger partial charge in [0, 0.05) is 5.92 Å². The number of phenolic OH excluding ortho intramolecular Hbond substituents is 1. The van der Waals surface area contributed by atoms with Gasteiger partial charge in [0.25, 0.3) is 0 Å². The lowest BCUT2D eigenvalue weighted by Crippen LogP contribution is -2.33. The molecule has 4 nitrogen and oxygen atoms in total. The summed E-state index contributed by atoms with van der Waals surface area (Å²) in [6.07, 6.45) is 1.49. The van der Waals surface area contributed by atoms with Crippen LogP contribution in [0.4, 0.5) is 0 Å². The van der Waals surface area contributed by atoms with E-state index in [1.54, 1.807) is 18.2 Å². The van der Waals surface area contributed by atoms with Crippen molar-refractivity contribution < 1.29 is 19.7 Å². The summed E-state index contributed by atoms with van der Waals surface area (Å²) in [5.41, 5.74) is 0.890. The second kappa shape index (κ2) is 4.65. The van der Waals surface area contributed by atoms with E-state index in [4.69, 9.17) is 9.84 Å². The first-order valence-corrected chi connectivity index (χ1v) is 5.80. The number of carboxylic acid groups (broad SMARTS) is 1. The van der Waals surface area contributed by atoms with Crippen molar-refractivity contribution in [3.8, 4) is 11.5 Å². The van der Waals surface area contributed by atoms with E-state index in [1.165, 1.54) is 0 Å². The molecule has 0 spiro atoms. The number of ether oxygens (including phenoxy) is 1. The number of hydrogen-bond acceptors (Lipinski definition) is 3. The average Bonchev–Trinajstić information content (AvgIpc) is 2.27. The second-order valence-corrected chi connectivity index (χ2v) is 4.42. The lowest BCUT2D eigenvalue weighted by Gasteiger charge is -2.32. The molecule has 1 aliphatic heterocycles. The topological polar surface area (TPSA) is 66.8 Å². The zero-order valence-corrected chi connectivity index (χ0v) is 9.72. The molecule has 2 N–H and O–H groups in total. The van der Waals surface area contributed by atoms with Crippen LogP contribution in [-0.4, -0.2) is 22.3 Å². The zero-order valence-electron chi connectivity index (χ0n) is 9.72. The standard InChI is InChI=1S/C13H16O4/c1-2-11-9(7-13(15)16)5-8-6-10(14)3-4-12(8)17-11/h3-4,6,9,11,14H,2,5,7H2,1H3,(H,15,16). The number of carboxylic acids is 1. The minimum atomic E-state index is -0.805. The number of carbonyl (C=O) groups is 1. The fourth-order valence-electron chi connectivity index (χ4n) is 2.36. The van der Waals surface area contributed by atoms with Gasteiger partial charge >= 0.3 is 5.97 Å². The predicted octanol–water partition coefficient (Wildman–Crippen LogP) is 2.20. The van der Waals surface area contributed by atoms with Crippen molar-refractivity contribution in [1.29, 1.82) is 0 Å². The predicted molar refractivity (Wildman–Crippen MR) is 62.3 cm³/mol. The van der Waals surface area contributed by atoms with Gasteiger partial charge in [0.1, 0.15) is 17.6 Å². The van der Waals surface area contributed by atoms with E-state index in [-0.39, 0.29) is 24.2 Å². The van der Waals surface area contributed by atoms with Crippen LogP contribution >= 0.6 is 0 Å². The van der Waals surface area contributed by atoms with Crippen molar-refractivity contribution in [3.63, 3.8) is 0 Å². The molecule has 0 radical (unpaired) electrons. The Morgan fingerprint density at radius 2 is 2.29 bits per heavy atom. The van der Waals surface area contributed by atoms with Gasteiger partial charge in [0.05, 0.1) is 6.42 Å². The summed E-state index contributed by atoms with van der Waals surface area (Å²) in [6.45, 7) is 1.99. The Bertz CT molecular complexity index is 427. The first-order chi connectivity index (χ1) is 8.10. The molecule has 0 bridgehead atoms. The highest BCUT2D eigenvalue weighted by atomic mass is 16.5. The van der Waals surface area contributed by atoms with Gasteiger partial charge in [-0.3, -0.25) is 4.79 Å². The van der Waals surface area contributed by atoms with Crippen molar-refractivity contribution in [1.82, 2.24) is 0 Å². The lowest BCUT2D eigenvalue weighted by molar-refractivity contribution is -0.139. The Kier molecular flexibility index (Phi) is 3.22. The fourth-order valence-corrected chi connectivity index (χ4v) is 2.36. The molecular weight excluding hydrogens is 220 g/mol. The Morgan fingerprint density at radius 3 is 2.94 bits per heavy atom. The maximum atomic E-state index is 10.8. The van der Waals surface area contributed by atoms with Gasteiger partial charge in [-0.2, -0.15) is 0 Å². The average molecular weight is 236 g/mol. The summed E-state index contributed by atoms with van der Waals surface area (Å²) in [5.74, 6) is 0.125.